The van der Waals surface area contributed by atoms with E-state index in [9.17, 15) is 5.11 Å². The van der Waals surface area contributed by atoms with Crippen molar-refractivity contribution in [3.63, 3.8) is 0 Å². The lowest BCUT2D eigenvalue weighted by Crippen LogP contribution is -1.96. The Labute approximate surface area is 81.9 Å². The largest absolute Gasteiger partial charge is 0.377 e. The molecule has 0 spiro atoms. The van der Waals surface area contributed by atoms with Crippen molar-refractivity contribution < 1.29 is 5.11 Å². The van der Waals surface area contributed by atoms with E-state index in [1.165, 1.54) is 0 Å². The van der Waals surface area contributed by atoms with Crippen molar-refractivity contribution in [2.75, 3.05) is 0 Å². The van der Waals surface area contributed by atoms with Crippen LogP contribution in [0.25, 0.3) is 0 Å². The molecule has 0 rings (SSSR count). The molecule has 0 bridgehead atoms. The first-order valence-electron chi connectivity index (χ1n) is 5.14. The van der Waals surface area contributed by atoms with Gasteiger partial charge in [0.2, 0.25) is 0 Å². The minimum atomic E-state index is -0.566. The third kappa shape index (κ3) is 9.17. The number of allylic oxidation sites excluding steroid dienone is 1. The quantitative estimate of drug-likeness (QED) is 0.392. The summed E-state index contributed by atoms with van der Waals surface area (Å²) in [5.41, 5.74) is 0. The highest BCUT2D eigenvalue weighted by Crippen LogP contribution is 1.93. The van der Waals surface area contributed by atoms with E-state index in [4.69, 9.17) is 0 Å². The first-order valence-corrected chi connectivity index (χ1v) is 5.14. The van der Waals surface area contributed by atoms with Crippen molar-refractivity contribution in [1.82, 2.24) is 0 Å². The van der Waals surface area contributed by atoms with Gasteiger partial charge in [-0.15, -0.1) is 5.92 Å². The van der Waals surface area contributed by atoms with Crippen molar-refractivity contribution in [1.29, 1.82) is 0 Å². The molecule has 0 fully saturated rings. The fraction of sp³-hybridized carbons (Fsp3) is 0.667. The third-order valence-electron chi connectivity index (χ3n) is 1.68. The Morgan fingerprint density at radius 3 is 2.69 bits per heavy atom. The molecule has 0 radical (unpaired) electrons. The van der Waals surface area contributed by atoms with Crippen LogP contribution in [-0.4, -0.2) is 11.2 Å². The number of rotatable bonds is 5. The zero-order valence-corrected chi connectivity index (χ0v) is 8.71. The van der Waals surface area contributed by atoms with Gasteiger partial charge in [0.25, 0.3) is 0 Å². The summed E-state index contributed by atoms with van der Waals surface area (Å²) in [6.45, 7) is 4.25. The molecule has 74 valence electrons. The van der Waals surface area contributed by atoms with Gasteiger partial charge in [-0.3, -0.25) is 0 Å². The molecule has 0 amide bonds. The van der Waals surface area contributed by atoms with E-state index in [1.807, 2.05) is 6.08 Å². The van der Waals surface area contributed by atoms with Crippen LogP contribution >= 0.6 is 0 Å². The summed E-state index contributed by atoms with van der Waals surface area (Å²) < 4.78 is 0. The molecule has 1 nitrogen and oxygen atoms in total. The minimum absolute atomic E-state index is 0.566. The molecule has 0 saturated heterocycles. The Morgan fingerprint density at radius 1 is 1.31 bits per heavy atom. The number of aliphatic hydroxyl groups is 1. The normalized spacial score (nSPS) is 12.5. The van der Waals surface area contributed by atoms with Gasteiger partial charge >= 0.3 is 0 Å². The van der Waals surface area contributed by atoms with Gasteiger partial charge in [0.1, 0.15) is 6.10 Å². The van der Waals surface area contributed by atoms with Crippen LogP contribution in [0, 0.1) is 11.8 Å². The maximum absolute atomic E-state index is 9.31. The molecule has 13 heavy (non-hydrogen) atoms. The molecule has 0 aromatic carbocycles. The smallest absolute Gasteiger partial charge is 0.133 e. The Balaban J connectivity index is 3.57. The first-order chi connectivity index (χ1) is 6.31. The molecule has 0 heterocycles. The molecular weight excluding hydrogens is 160 g/mol. The number of hydrogen-bond donors (Lipinski definition) is 1. The van der Waals surface area contributed by atoms with Crippen molar-refractivity contribution in [2.45, 2.75) is 52.1 Å². The third-order valence-corrected chi connectivity index (χ3v) is 1.68. The Morgan fingerprint density at radius 2 is 2.08 bits per heavy atom. The van der Waals surface area contributed by atoms with E-state index in [2.05, 4.69) is 25.7 Å². The summed E-state index contributed by atoms with van der Waals surface area (Å²) >= 11 is 0. The highest BCUT2D eigenvalue weighted by atomic mass is 16.3. The molecule has 0 aliphatic heterocycles. The Kier molecular flexibility index (Phi) is 8.82. The van der Waals surface area contributed by atoms with Crippen molar-refractivity contribution >= 4 is 0 Å². The van der Waals surface area contributed by atoms with Crippen LogP contribution < -0.4 is 0 Å². The Hall–Kier alpha value is -0.740. The van der Waals surface area contributed by atoms with Gasteiger partial charge in [-0.25, -0.2) is 0 Å². The average Bonchev–Trinajstić information content (AvgIpc) is 2.13. The van der Waals surface area contributed by atoms with Crippen molar-refractivity contribution in [3.05, 3.63) is 12.2 Å². The highest BCUT2D eigenvalue weighted by molar-refractivity contribution is 5.11. The predicted molar refractivity (Wildman–Crippen MR) is 57.4 cm³/mol. The zero-order valence-electron chi connectivity index (χ0n) is 8.71. The molecule has 0 saturated carbocycles. The van der Waals surface area contributed by atoms with E-state index >= 15 is 0 Å². The lowest BCUT2D eigenvalue weighted by molar-refractivity contribution is 0.280. The van der Waals surface area contributed by atoms with E-state index in [1.54, 1.807) is 6.08 Å². The van der Waals surface area contributed by atoms with Crippen LogP contribution in [-0.2, 0) is 0 Å². The Bertz CT molecular complexity index is 183. The summed E-state index contributed by atoms with van der Waals surface area (Å²) in [4.78, 5) is 0. The second-order valence-electron chi connectivity index (χ2n) is 3.09. The van der Waals surface area contributed by atoms with Crippen LogP contribution in [0.5, 0.6) is 0 Å². The molecule has 0 aliphatic carbocycles. The van der Waals surface area contributed by atoms with E-state index in [0.29, 0.717) is 0 Å². The van der Waals surface area contributed by atoms with Gasteiger partial charge in [-0.05, 0) is 18.9 Å². The molecule has 1 unspecified atom stereocenters. The van der Waals surface area contributed by atoms with Gasteiger partial charge in [0, 0.05) is 6.42 Å². The second kappa shape index (κ2) is 9.35. The van der Waals surface area contributed by atoms with Gasteiger partial charge in [-0.1, -0.05) is 38.7 Å². The maximum Gasteiger partial charge on any atom is 0.133 e. The van der Waals surface area contributed by atoms with Crippen molar-refractivity contribution in [2.24, 2.45) is 0 Å². The van der Waals surface area contributed by atoms with E-state index < -0.39 is 6.10 Å². The van der Waals surface area contributed by atoms with Gasteiger partial charge < -0.3 is 5.11 Å². The van der Waals surface area contributed by atoms with Crippen molar-refractivity contribution in [3.8, 4) is 11.8 Å². The van der Waals surface area contributed by atoms with Gasteiger partial charge in [0.15, 0.2) is 0 Å². The lowest BCUT2D eigenvalue weighted by atomic mass is 10.2. The molecule has 1 atom stereocenters. The molecule has 1 N–H and O–H groups in total. The lowest BCUT2D eigenvalue weighted by Gasteiger charge is -1.92. The second-order valence-corrected chi connectivity index (χ2v) is 3.09. The predicted octanol–water partition coefficient (Wildman–Crippen LogP) is 2.90. The van der Waals surface area contributed by atoms with Gasteiger partial charge in [0.05, 0.1) is 0 Å². The summed E-state index contributed by atoms with van der Waals surface area (Å²) in [6.07, 6.45) is 8.51. The average molecular weight is 180 g/mol. The highest BCUT2D eigenvalue weighted by Gasteiger charge is 1.88. The van der Waals surface area contributed by atoms with Gasteiger partial charge in [-0.2, -0.15) is 0 Å². The SMILES string of the molecule is CCC/C=C\C(O)C#CCCCC. The fourth-order valence-corrected chi connectivity index (χ4v) is 0.882. The molecule has 0 aliphatic rings. The topological polar surface area (TPSA) is 20.2 Å². The summed E-state index contributed by atoms with van der Waals surface area (Å²) in [7, 11) is 0. The van der Waals surface area contributed by atoms with Crippen LogP contribution in [0.2, 0.25) is 0 Å². The van der Waals surface area contributed by atoms with Crippen LogP contribution in [0.1, 0.15) is 46.0 Å². The summed E-state index contributed by atoms with van der Waals surface area (Å²) in [5, 5.41) is 9.31. The first kappa shape index (κ1) is 12.3. The monoisotopic (exact) mass is 180 g/mol. The van der Waals surface area contributed by atoms with E-state index in [0.717, 1.165) is 32.1 Å². The summed E-state index contributed by atoms with van der Waals surface area (Å²) in [6, 6.07) is 0. The van der Waals surface area contributed by atoms with Crippen LogP contribution in [0.4, 0.5) is 0 Å². The zero-order chi connectivity index (χ0) is 9.94. The summed E-state index contributed by atoms with van der Waals surface area (Å²) in [5.74, 6) is 5.76. The number of unbranched alkanes of at least 4 members (excludes halogenated alkanes) is 3. The number of aliphatic hydroxyl groups excluding tert-OH is 1. The fourth-order valence-electron chi connectivity index (χ4n) is 0.882. The maximum atomic E-state index is 9.31. The molecular formula is C12H20O. The molecule has 1 heteroatoms. The molecule has 0 aromatic rings. The minimum Gasteiger partial charge on any atom is -0.377 e. The molecule has 0 aromatic heterocycles. The van der Waals surface area contributed by atoms with E-state index in [-0.39, 0.29) is 0 Å². The standard InChI is InChI=1S/C12H20O/c1-3-5-7-9-11-12(13)10-8-6-4-2/h8,10,12-13H,3-7H2,1-2H3/b10-8-. The van der Waals surface area contributed by atoms with Crippen LogP contribution in [0.3, 0.4) is 0 Å². The number of hydrogen-bond acceptors (Lipinski definition) is 1. The van der Waals surface area contributed by atoms with Crippen LogP contribution in [0.15, 0.2) is 12.2 Å².